The van der Waals surface area contributed by atoms with Crippen molar-refractivity contribution in [1.82, 2.24) is 0 Å². The van der Waals surface area contributed by atoms with Gasteiger partial charge in [-0.1, -0.05) is 24.8 Å². The molecule has 2 aromatic rings. The first-order chi connectivity index (χ1) is 11.7. The summed E-state index contributed by atoms with van der Waals surface area (Å²) in [5, 5.41) is 9.29. The summed E-state index contributed by atoms with van der Waals surface area (Å²) in [5.74, 6) is 1.03. The third-order valence-electron chi connectivity index (χ3n) is 3.28. The largest absolute Gasteiger partial charge is 0.497 e. The molecule has 0 saturated heterocycles. The summed E-state index contributed by atoms with van der Waals surface area (Å²) in [4.78, 5) is 12.4. The first kappa shape index (κ1) is 17.0. The van der Waals surface area contributed by atoms with Crippen molar-refractivity contribution in [1.29, 1.82) is 5.26 Å². The third kappa shape index (κ3) is 4.34. The van der Waals surface area contributed by atoms with Crippen molar-refractivity contribution < 1.29 is 14.3 Å². The van der Waals surface area contributed by atoms with E-state index in [1.54, 1.807) is 67.8 Å². The zero-order chi connectivity index (χ0) is 17.4. The SMILES string of the molecule is C=CCOc1ccc(/C=C(/C#N)C(=O)c2ccc(OC)cc2)cc1. The molecule has 0 fully saturated rings. The van der Waals surface area contributed by atoms with Crippen molar-refractivity contribution in [3.8, 4) is 17.6 Å². The van der Waals surface area contributed by atoms with Crippen LogP contribution >= 0.6 is 0 Å². The van der Waals surface area contributed by atoms with Gasteiger partial charge >= 0.3 is 0 Å². The minimum Gasteiger partial charge on any atom is -0.497 e. The summed E-state index contributed by atoms with van der Waals surface area (Å²) in [7, 11) is 1.56. The van der Waals surface area contributed by atoms with Crippen molar-refractivity contribution in [3.63, 3.8) is 0 Å². The number of Topliss-reactive ketones (excluding diaryl/α,β-unsaturated/α-hetero) is 1. The van der Waals surface area contributed by atoms with Crippen molar-refractivity contribution in [2.24, 2.45) is 0 Å². The van der Waals surface area contributed by atoms with E-state index in [1.165, 1.54) is 0 Å². The molecule has 0 aliphatic carbocycles. The van der Waals surface area contributed by atoms with E-state index in [4.69, 9.17) is 9.47 Å². The highest BCUT2D eigenvalue weighted by Crippen LogP contribution is 2.18. The Morgan fingerprint density at radius 3 is 2.29 bits per heavy atom. The van der Waals surface area contributed by atoms with Crippen molar-refractivity contribution in [2.75, 3.05) is 13.7 Å². The van der Waals surface area contributed by atoms with Crippen LogP contribution < -0.4 is 9.47 Å². The molecule has 0 amide bonds. The maximum atomic E-state index is 12.4. The Kier molecular flexibility index (Phi) is 5.93. The highest BCUT2D eigenvalue weighted by atomic mass is 16.5. The van der Waals surface area contributed by atoms with E-state index in [2.05, 4.69) is 6.58 Å². The van der Waals surface area contributed by atoms with E-state index >= 15 is 0 Å². The number of nitriles is 1. The van der Waals surface area contributed by atoms with Gasteiger partial charge in [0.25, 0.3) is 0 Å². The predicted molar refractivity (Wildman–Crippen MR) is 93.0 cm³/mol. The van der Waals surface area contributed by atoms with Gasteiger partial charge < -0.3 is 9.47 Å². The molecule has 0 unspecified atom stereocenters. The number of methoxy groups -OCH3 is 1. The molecule has 0 saturated carbocycles. The Labute approximate surface area is 141 Å². The second kappa shape index (κ2) is 8.35. The van der Waals surface area contributed by atoms with E-state index in [-0.39, 0.29) is 11.4 Å². The Bertz CT molecular complexity index is 781. The molecule has 2 rings (SSSR count). The Hall–Kier alpha value is -3.32. The lowest BCUT2D eigenvalue weighted by molar-refractivity contribution is 0.104. The van der Waals surface area contributed by atoms with Crippen LogP contribution in [0.15, 0.2) is 66.8 Å². The second-order valence-electron chi connectivity index (χ2n) is 4.90. The molecule has 0 aliphatic heterocycles. The number of rotatable bonds is 7. The second-order valence-corrected chi connectivity index (χ2v) is 4.90. The maximum Gasteiger partial charge on any atom is 0.203 e. The van der Waals surface area contributed by atoms with Crippen LogP contribution in [0.5, 0.6) is 11.5 Å². The number of nitrogens with zero attached hydrogens (tertiary/aromatic N) is 1. The molecular formula is C20H17NO3. The molecule has 0 bridgehead atoms. The topological polar surface area (TPSA) is 59.3 Å². The predicted octanol–water partition coefficient (Wildman–Crippen LogP) is 4.05. The van der Waals surface area contributed by atoms with Gasteiger partial charge in [0.2, 0.25) is 5.78 Å². The summed E-state index contributed by atoms with van der Waals surface area (Å²) in [6.07, 6.45) is 3.22. The van der Waals surface area contributed by atoms with Gasteiger partial charge in [0.05, 0.1) is 7.11 Å². The van der Waals surface area contributed by atoms with Crippen LogP contribution in [-0.2, 0) is 0 Å². The van der Waals surface area contributed by atoms with Crippen LogP contribution in [0.1, 0.15) is 15.9 Å². The zero-order valence-corrected chi connectivity index (χ0v) is 13.4. The van der Waals surface area contributed by atoms with Gasteiger partial charge in [-0.2, -0.15) is 5.26 Å². The molecular weight excluding hydrogens is 302 g/mol. The van der Waals surface area contributed by atoms with Crippen LogP contribution in [0.2, 0.25) is 0 Å². The molecule has 0 heterocycles. The van der Waals surface area contributed by atoms with Crippen molar-refractivity contribution in [3.05, 3.63) is 77.9 Å². The van der Waals surface area contributed by atoms with Crippen molar-refractivity contribution >= 4 is 11.9 Å². The molecule has 0 aliphatic rings. The van der Waals surface area contributed by atoms with Crippen molar-refractivity contribution in [2.45, 2.75) is 0 Å². The molecule has 0 radical (unpaired) electrons. The number of hydrogen-bond donors (Lipinski definition) is 0. The number of ether oxygens (including phenoxy) is 2. The molecule has 0 spiro atoms. The quantitative estimate of drug-likeness (QED) is 0.334. The monoisotopic (exact) mass is 319 g/mol. The van der Waals surface area contributed by atoms with Crippen LogP contribution in [0, 0.1) is 11.3 Å². The average molecular weight is 319 g/mol. The average Bonchev–Trinajstić information content (AvgIpc) is 2.65. The van der Waals surface area contributed by atoms with Crippen LogP contribution in [0.3, 0.4) is 0 Å². The van der Waals surface area contributed by atoms with Crippen LogP contribution in [0.25, 0.3) is 6.08 Å². The standard InChI is InChI=1S/C20H17NO3/c1-3-12-24-19-8-4-15(5-9-19)13-17(14-21)20(22)16-6-10-18(23-2)11-7-16/h3-11,13H,1,12H2,2H3/b17-13-. The number of hydrogen-bond acceptors (Lipinski definition) is 4. The summed E-state index contributed by atoms with van der Waals surface area (Å²) >= 11 is 0. The fourth-order valence-electron chi connectivity index (χ4n) is 2.03. The third-order valence-corrected chi connectivity index (χ3v) is 3.28. The molecule has 0 N–H and O–H groups in total. The van der Waals surface area contributed by atoms with Gasteiger partial charge in [-0.15, -0.1) is 0 Å². The minimum atomic E-state index is -0.327. The zero-order valence-electron chi connectivity index (χ0n) is 13.4. The fourth-order valence-corrected chi connectivity index (χ4v) is 2.03. The highest BCUT2D eigenvalue weighted by Gasteiger charge is 2.12. The van der Waals surface area contributed by atoms with Gasteiger partial charge in [-0.3, -0.25) is 4.79 Å². The normalized spacial score (nSPS) is 10.6. The van der Waals surface area contributed by atoms with Gasteiger partial charge in [0.15, 0.2) is 0 Å². The first-order valence-corrected chi connectivity index (χ1v) is 7.32. The molecule has 120 valence electrons. The fraction of sp³-hybridized carbons (Fsp3) is 0.100. The van der Waals surface area contributed by atoms with Gasteiger partial charge in [0.1, 0.15) is 29.7 Å². The minimum absolute atomic E-state index is 0.0694. The maximum absolute atomic E-state index is 12.4. The molecule has 2 aromatic carbocycles. The molecule has 24 heavy (non-hydrogen) atoms. The highest BCUT2D eigenvalue weighted by molar-refractivity contribution is 6.14. The molecule has 4 nitrogen and oxygen atoms in total. The summed E-state index contributed by atoms with van der Waals surface area (Å²) < 4.78 is 10.5. The van der Waals surface area contributed by atoms with E-state index in [0.29, 0.717) is 23.7 Å². The smallest absolute Gasteiger partial charge is 0.203 e. The number of ketones is 1. The summed E-state index contributed by atoms with van der Waals surface area (Å²) in [6.45, 7) is 4.01. The molecule has 0 aromatic heterocycles. The lowest BCUT2D eigenvalue weighted by atomic mass is 10.0. The van der Waals surface area contributed by atoms with Crippen LogP contribution in [-0.4, -0.2) is 19.5 Å². The lowest BCUT2D eigenvalue weighted by Gasteiger charge is -2.04. The molecule has 4 heteroatoms. The Morgan fingerprint density at radius 1 is 1.12 bits per heavy atom. The lowest BCUT2D eigenvalue weighted by Crippen LogP contribution is -2.02. The number of benzene rings is 2. The summed E-state index contributed by atoms with van der Waals surface area (Å²) in [6, 6.07) is 15.8. The van der Waals surface area contributed by atoms with Crippen LogP contribution in [0.4, 0.5) is 0 Å². The number of carbonyl (C=O) groups is 1. The van der Waals surface area contributed by atoms with Gasteiger partial charge in [0, 0.05) is 5.56 Å². The number of carbonyl (C=O) groups excluding carboxylic acids is 1. The Balaban J connectivity index is 2.19. The first-order valence-electron chi connectivity index (χ1n) is 7.32. The van der Waals surface area contributed by atoms with E-state index in [9.17, 15) is 10.1 Å². The van der Waals surface area contributed by atoms with E-state index in [0.717, 1.165) is 5.56 Å². The van der Waals surface area contributed by atoms with E-state index < -0.39 is 0 Å². The number of allylic oxidation sites excluding steroid dienone is 1. The molecule has 0 atom stereocenters. The van der Waals surface area contributed by atoms with E-state index in [1.807, 2.05) is 6.07 Å². The summed E-state index contributed by atoms with van der Waals surface area (Å²) in [5.41, 5.74) is 1.26. The van der Waals surface area contributed by atoms with Gasteiger partial charge in [-0.05, 0) is 48.0 Å². The van der Waals surface area contributed by atoms with Gasteiger partial charge in [-0.25, -0.2) is 0 Å². The Morgan fingerprint density at radius 2 is 1.75 bits per heavy atom.